The molecule has 0 radical (unpaired) electrons. The zero-order chi connectivity index (χ0) is 11.5. The van der Waals surface area contributed by atoms with E-state index in [1.54, 1.807) is 12.1 Å². The summed E-state index contributed by atoms with van der Waals surface area (Å²) in [6.07, 6.45) is 0. The summed E-state index contributed by atoms with van der Waals surface area (Å²) in [6.45, 7) is 1.86. The van der Waals surface area contributed by atoms with Gasteiger partial charge in [0.1, 0.15) is 4.60 Å². The third kappa shape index (κ3) is 2.48. The fourth-order valence-corrected chi connectivity index (χ4v) is 2.28. The van der Waals surface area contributed by atoms with Crippen LogP contribution in [0.15, 0.2) is 33.6 Å². The molecule has 0 fully saturated rings. The monoisotopic (exact) mass is 296 g/mol. The Balaban J connectivity index is 2.18. The molecule has 1 N–H and O–H groups in total. The molecule has 0 bridgehead atoms. The maximum Gasteiger partial charge on any atom is 0.256 e. The van der Waals surface area contributed by atoms with E-state index in [-0.39, 0.29) is 5.91 Å². The predicted molar refractivity (Wildman–Crippen MR) is 68.9 cm³/mol. The Kier molecular flexibility index (Phi) is 3.36. The Bertz CT molecular complexity index is 511. The van der Waals surface area contributed by atoms with Crippen LogP contribution in [0.3, 0.4) is 0 Å². The number of nitrogens with zero attached hydrogens (tertiary/aromatic N) is 1. The van der Waals surface area contributed by atoms with Gasteiger partial charge >= 0.3 is 0 Å². The van der Waals surface area contributed by atoms with Crippen LogP contribution < -0.4 is 5.32 Å². The fraction of sp³-hybridized carbons (Fsp3) is 0.0909. The lowest BCUT2D eigenvalue weighted by molar-refractivity contribution is 0.102. The SMILES string of the molecule is Cc1nc(Br)ccc1NC(=O)c1ccsc1. The van der Waals surface area contributed by atoms with Crippen LogP contribution in [0.1, 0.15) is 16.1 Å². The maximum absolute atomic E-state index is 11.8. The number of hydrogen-bond donors (Lipinski definition) is 1. The highest BCUT2D eigenvalue weighted by Crippen LogP contribution is 2.17. The van der Waals surface area contributed by atoms with Gasteiger partial charge in [0.25, 0.3) is 5.91 Å². The minimum atomic E-state index is -0.103. The molecule has 0 saturated carbocycles. The lowest BCUT2D eigenvalue weighted by Gasteiger charge is -2.06. The number of carbonyl (C=O) groups excluding carboxylic acids is 1. The van der Waals surface area contributed by atoms with Crippen LogP contribution in [0.5, 0.6) is 0 Å². The number of anilines is 1. The van der Waals surface area contributed by atoms with Gasteiger partial charge < -0.3 is 5.32 Å². The summed E-state index contributed by atoms with van der Waals surface area (Å²) in [5.41, 5.74) is 2.20. The molecule has 2 aromatic heterocycles. The molecule has 0 saturated heterocycles. The number of rotatable bonds is 2. The second-order valence-corrected chi connectivity index (χ2v) is 4.83. The summed E-state index contributed by atoms with van der Waals surface area (Å²) in [4.78, 5) is 16.0. The number of thiophene rings is 1. The van der Waals surface area contributed by atoms with Crippen molar-refractivity contribution in [1.29, 1.82) is 0 Å². The largest absolute Gasteiger partial charge is 0.320 e. The first-order chi connectivity index (χ1) is 7.66. The number of amides is 1. The van der Waals surface area contributed by atoms with Crippen molar-refractivity contribution in [2.45, 2.75) is 6.92 Å². The van der Waals surface area contributed by atoms with Gasteiger partial charge in [-0.15, -0.1) is 0 Å². The van der Waals surface area contributed by atoms with Gasteiger partial charge in [-0.1, -0.05) is 0 Å². The molecule has 2 heterocycles. The number of pyridine rings is 1. The molecular weight excluding hydrogens is 288 g/mol. The molecule has 2 aromatic rings. The van der Waals surface area contributed by atoms with E-state index >= 15 is 0 Å². The maximum atomic E-state index is 11.8. The van der Waals surface area contributed by atoms with Gasteiger partial charge in [-0.2, -0.15) is 11.3 Å². The first-order valence-electron chi connectivity index (χ1n) is 4.63. The normalized spacial score (nSPS) is 10.1. The average Bonchev–Trinajstić information content (AvgIpc) is 2.75. The number of carbonyl (C=O) groups is 1. The van der Waals surface area contributed by atoms with Crippen LogP contribution >= 0.6 is 27.3 Å². The Labute approximate surface area is 106 Å². The summed E-state index contributed by atoms with van der Waals surface area (Å²) < 4.78 is 0.763. The van der Waals surface area contributed by atoms with E-state index in [2.05, 4.69) is 26.2 Å². The van der Waals surface area contributed by atoms with Gasteiger partial charge in [0.15, 0.2) is 0 Å². The van der Waals surface area contributed by atoms with Crippen molar-refractivity contribution in [2.75, 3.05) is 5.32 Å². The van der Waals surface area contributed by atoms with Crippen molar-refractivity contribution in [3.8, 4) is 0 Å². The molecule has 82 valence electrons. The van der Waals surface area contributed by atoms with Gasteiger partial charge in [0.2, 0.25) is 0 Å². The minimum absolute atomic E-state index is 0.103. The van der Waals surface area contributed by atoms with Crippen molar-refractivity contribution in [3.63, 3.8) is 0 Å². The second-order valence-electron chi connectivity index (χ2n) is 3.23. The molecule has 2 rings (SSSR count). The minimum Gasteiger partial charge on any atom is -0.320 e. The Hall–Kier alpha value is -1.20. The third-order valence-corrected chi connectivity index (χ3v) is 3.21. The van der Waals surface area contributed by atoms with Crippen molar-refractivity contribution < 1.29 is 4.79 Å². The molecule has 3 nitrogen and oxygen atoms in total. The molecule has 1 amide bonds. The van der Waals surface area contributed by atoms with Gasteiger partial charge in [-0.3, -0.25) is 4.79 Å². The molecule has 0 spiro atoms. The first-order valence-corrected chi connectivity index (χ1v) is 6.37. The van der Waals surface area contributed by atoms with Crippen molar-refractivity contribution in [2.24, 2.45) is 0 Å². The number of hydrogen-bond acceptors (Lipinski definition) is 3. The lowest BCUT2D eigenvalue weighted by atomic mass is 10.2. The number of nitrogens with one attached hydrogen (secondary N) is 1. The first kappa shape index (κ1) is 11.3. The molecule has 0 atom stereocenters. The summed E-state index contributed by atoms with van der Waals surface area (Å²) in [7, 11) is 0. The highest BCUT2D eigenvalue weighted by atomic mass is 79.9. The highest BCUT2D eigenvalue weighted by molar-refractivity contribution is 9.10. The number of aromatic nitrogens is 1. The lowest BCUT2D eigenvalue weighted by Crippen LogP contribution is -2.12. The Morgan fingerprint density at radius 2 is 2.25 bits per heavy atom. The summed E-state index contributed by atoms with van der Waals surface area (Å²) in [5, 5.41) is 6.52. The smallest absolute Gasteiger partial charge is 0.256 e. The fourth-order valence-electron chi connectivity index (χ4n) is 1.25. The van der Waals surface area contributed by atoms with E-state index < -0.39 is 0 Å². The number of halogens is 1. The van der Waals surface area contributed by atoms with E-state index in [0.29, 0.717) is 5.56 Å². The second kappa shape index (κ2) is 4.76. The molecular formula is C11H9BrN2OS. The quantitative estimate of drug-likeness (QED) is 0.862. The topological polar surface area (TPSA) is 42.0 Å². The highest BCUT2D eigenvalue weighted by Gasteiger charge is 2.08. The Morgan fingerprint density at radius 1 is 1.44 bits per heavy atom. The van der Waals surface area contributed by atoms with Crippen molar-refractivity contribution in [3.05, 3.63) is 44.8 Å². The summed E-state index contributed by atoms with van der Waals surface area (Å²) in [5.74, 6) is -0.103. The average molecular weight is 297 g/mol. The van der Waals surface area contributed by atoms with Crippen molar-refractivity contribution >= 4 is 38.9 Å². The van der Waals surface area contributed by atoms with Crippen LogP contribution in [0.25, 0.3) is 0 Å². The van der Waals surface area contributed by atoms with Crippen LogP contribution in [-0.2, 0) is 0 Å². The van der Waals surface area contributed by atoms with Crippen LogP contribution in [0, 0.1) is 6.92 Å². The van der Waals surface area contributed by atoms with E-state index in [0.717, 1.165) is 16.0 Å². The molecule has 0 aliphatic carbocycles. The molecule has 0 aliphatic heterocycles. The van der Waals surface area contributed by atoms with Gasteiger partial charge in [0, 0.05) is 5.38 Å². The van der Waals surface area contributed by atoms with Gasteiger partial charge in [-0.25, -0.2) is 4.98 Å². The molecule has 0 aliphatic rings. The Morgan fingerprint density at radius 3 is 2.88 bits per heavy atom. The van der Waals surface area contributed by atoms with E-state index in [1.165, 1.54) is 11.3 Å². The zero-order valence-electron chi connectivity index (χ0n) is 8.53. The summed E-state index contributed by atoms with van der Waals surface area (Å²) >= 11 is 4.78. The van der Waals surface area contributed by atoms with Crippen LogP contribution in [-0.4, -0.2) is 10.9 Å². The van der Waals surface area contributed by atoms with Gasteiger partial charge in [-0.05, 0) is 46.4 Å². The summed E-state index contributed by atoms with van der Waals surface area (Å²) in [6, 6.07) is 5.43. The van der Waals surface area contributed by atoms with E-state index in [4.69, 9.17) is 0 Å². The van der Waals surface area contributed by atoms with E-state index in [9.17, 15) is 4.79 Å². The molecule has 5 heteroatoms. The molecule has 0 unspecified atom stereocenters. The van der Waals surface area contributed by atoms with Gasteiger partial charge in [0.05, 0.1) is 16.9 Å². The van der Waals surface area contributed by atoms with E-state index in [1.807, 2.05) is 23.8 Å². The van der Waals surface area contributed by atoms with Crippen molar-refractivity contribution in [1.82, 2.24) is 4.98 Å². The van der Waals surface area contributed by atoms with Crippen LogP contribution in [0.4, 0.5) is 5.69 Å². The molecule has 16 heavy (non-hydrogen) atoms. The zero-order valence-corrected chi connectivity index (χ0v) is 10.9. The standard InChI is InChI=1S/C11H9BrN2OS/c1-7-9(2-3-10(12)13-7)14-11(15)8-4-5-16-6-8/h2-6H,1H3,(H,14,15). The number of aryl methyl sites for hydroxylation is 1. The predicted octanol–water partition coefficient (Wildman–Crippen LogP) is 3.47. The molecule has 0 aromatic carbocycles. The van der Waals surface area contributed by atoms with Crippen LogP contribution in [0.2, 0.25) is 0 Å². The third-order valence-electron chi connectivity index (χ3n) is 2.08.